The van der Waals surface area contributed by atoms with Crippen molar-refractivity contribution >= 4 is 17.5 Å². The molecule has 3 aliphatic carbocycles. The molecule has 8 rings (SSSR count). The van der Waals surface area contributed by atoms with Crippen LogP contribution in [0.25, 0.3) is 11.1 Å². The van der Waals surface area contributed by atoms with Gasteiger partial charge in [-0.25, -0.2) is 4.90 Å². The molecule has 1 fully saturated rings. The van der Waals surface area contributed by atoms with Crippen molar-refractivity contribution < 1.29 is 9.59 Å². The van der Waals surface area contributed by atoms with Crippen LogP contribution in [0.15, 0.2) is 103 Å². The summed E-state index contributed by atoms with van der Waals surface area (Å²) < 4.78 is 0. The maximum atomic E-state index is 14.4. The van der Waals surface area contributed by atoms with E-state index in [0.717, 1.165) is 11.1 Å². The third kappa shape index (κ3) is 2.31. The van der Waals surface area contributed by atoms with E-state index in [1.807, 2.05) is 54.6 Å². The van der Waals surface area contributed by atoms with Crippen LogP contribution in [0.1, 0.15) is 36.1 Å². The Bertz CT molecular complexity index is 1410. The van der Waals surface area contributed by atoms with Gasteiger partial charge in [-0.05, 0) is 33.9 Å². The highest BCUT2D eigenvalue weighted by Crippen LogP contribution is 2.66. The van der Waals surface area contributed by atoms with Crippen molar-refractivity contribution in [2.45, 2.75) is 24.7 Å². The van der Waals surface area contributed by atoms with Gasteiger partial charge < -0.3 is 0 Å². The van der Waals surface area contributed by atoms with Crippen molar-refractivity contribution in [2.75, 3.05) is 4.90 Å². The Morgan fingerprint density at radius 3 is 1.43 bits per heavy atom. The van der Waals surface area contributed by atoms with Gasteiger partial charge in [-0.3, -0.25) is 9.59 Å². The van der Waals surface area contributed by atoms with E-state index in [9.17, 15) is 9.59 Å². The minimum atomic E-state index is -0.571. The Morgan fingerprint density at radius 1 is 0.543 bits per heavy atom. The maximum absolute atomic E-state index is 14.4. The quantitative estimate of drug-likeness (QED) is 0.343. The van der Waals surface area contributed by atoms with Crippen molar-refractivity contribution in [1.29, 1.82) is 0 Å². The molecule has 2 amide bonds. The third-order valence-corrected chi connectivity index (χ3v) is 8.87. The number of hydrogen-bond acceptors (Lipinski definition) is 2. The van der Waals surface area contributed by atoms with Crippen LogP contribution in [0.2, 0.25) is 0 Å². The van der Waals surface area contributed by atoms with Crippen molar-refractivity contribution in [3.05, 3.63) is 125 Å². The fraction of sp³-hybridized carbons (Fsp3) is 0.188. The zero-order chi connectivity index (χ0) is 23.9. The van der Waals surface area contributed by atoms with Crippen molar-refractivity contribution in [3.8, 4) is 11.1 Å². The van der Waals surface area contributed by atoms with E-state index in [1.165, 1.54) is 27.2 Å². The zero-order valence-electron chi connectivity index (χ0n) is 19.7. The van der Waals surface area contributed by atoms with Gasteiger partial charge in [0, 0.05) is 16.4 Å². The second-order valence-electron chi connectivity index (χ2n) is 10.3. The molecule has 3 nitrogen and oxygen atoms in total. The number of carbonyl (C=O) groups excluding carboxylic acids is 2. The molecule has 2 atom stereocenters. The van der Waals surface area contributed by atoms with Crippen molar-refractivity contribution in [3.63, 3.8) is 0 Å². The van der Waals surface area contributed by atoms with E-state index in [2.05, 4.69) is 62.4 Å². The van der Waals surface area contributed by atoms with Gasteiger partial charge in [0.2, 0.25) is 11.8 Å². The summed E-state index contributed by atoms with van der Waals surface area (Å²) in [5, 5.41) is 0. The van der Waals surface area contributed by atoms with Gasteiger partial charge in [0.25, 0.3) is 0 Å². The highest BCUT2D eigenvalue weighted by molar-refractivity contribution is 6.25. The zero-order valence-corrected chi connectivity index (χ0v) is 19.7. The molecule has 0 N–H and O–H groups in total. The summed E-state index contributed by atoms with van der Waals surface area (Å²) in [7, 11) is 0. The van der Waals surface area contributed by atoms with Crippen LogP contribution >= 0.6 is 0 Å². The van der Waals surface area contributed by atoms with E-state index >= 15 is 0 Å². The molecule has 1 aliphatic heterocycles. The van der Waals surface area contributed by atoms with Crippen LogP contribution in [0.3, 0.4) is 0 Å². The highest BCUT2D eigenvalue weighted by atomic mass is 16.2. The Hall–Kier alpha value is -3.98. The lowest BCUT2D eigenvalue weighted by molar-refractivity contribution is -0.124. The van der Waals surface area contributed by atoms with Crippen LogP contribution in [-0.2, 0) is 20.4 Å². The second-order valence-corrected chi connectivity index (χ2v) is 10.3. The number of amides is 2. The lowest BCUT2D eigenvalue weighted by atomic mass is 9.42. The maximum Gasteiger partial charge on any atom is 0.238 e. The van der Waals surface area contributed by atoms with Crippen LogP contribution in [0.4, 0.5) is 5.69 Å². The van der Waals surface area contributed by atoms with Crippen molar-refractivity contribution in [2.24, 2.45) is 11.8 Å². The van der Waals surface area contributed by atoms with Gasteiger partial charge in [-0.15, -0.1) is 0 Å². The molecule has 0 spiro atoms. The largest absolute Gasteiger partial charge is 0.274 e. The van der Waals surface area contributed by atoms with Gasteiger partial charge in [-0.2, -0.15) is 0 Å². The average molecular weight is 456 g/mol. The number of carbonyl (C=O) groups is 2. The first-order chi connectivity index (χ1) is 17.0. The molecule has 0 saturated carbocycles. The SMILES string of the molecule is CC12c3ccccc3C(C)(c3ccccc31)[C@@H]1C(=O)N(c3ccccc3-c3ccccc3)C(=O)[C@H]12. The molecule has 0 unspecified atom stereocenters. The summed E-state index contributed by atoms with van der Waals surface area (Å²) in [5.41, 5.74) is 6.09. The van der Waals surface area contributed by atoms with Gasteiger partial charge >= 0.3 is 0 Å². The smallest absolute Gasteiger partial charge is 0.238 e. The van der Waals surface area contributed by atoms with Gasteiger partial charge in [0.15, 0.2) is 0 Å². The summed E-state index contributed by atoms with van der Waals surface area (Å²) in [6.45, 7) is 4.33. The molecule has 4 aliphatic rings. The molecular formula is C32H25NO2. The Labute approximate surface area is 205 Å². The number of para-hydroxylation sites is 1. The van der Waals surface area contributed by atoms with E-state index in [4.69, 9.17) is 0 Å². The summed E-state index contributed by atoms with van der Waals surface area (Å²) in [4.78, 5) is 30.3. The van der Waals surface area contributed by atoms with Gasteiger partial charge in [0.1, 0.15) is 0 Å². The van der Waals surface area contributed by atoms with Crippen LogP contribution in [-0.4, -0.2) is 11.8 Å². The molecule has 1 saturated heterocycles. The number of rotatable bonds is 2. The molecule has 4 aromatic rings. The van der Waals surface area contributed by atoms with Crippen LogP contribution in [0, 0.1) is 11.8 Å². The highest BCUT2D eigenvalue weighted by Gasteiger charge is 2.70. The molecule has 35 heavy (non-hydrogen) atoms. The monoisotopic (exact) mass is 455 g/mol. The first-order valence-electron chi connectivity index (χ1n) is 12.2. The Balaban J connectivity index is 1.49. The summed E-state index contributed by atoms with van der Waals surface area (Å²) in [5.74, 6) is -1.09. The van der Waals surface area contributed by atoms with E-state index in [1.54, 1.807) is 0 Å². The second kappa shape index (κ2) is 6.79. The fourth-order valence-electron chi connectivity index (χ4n) is 7.34. The minimum Gasteiger partial charge on any atom is -0.274 e. The molecule has 2 bridgehead atoms. The number of imide groups is 1. The predicted octanol–water partition coefficient (Wildman–Crippen LogP) is 6.10. The summed E-state index contributed by atoms with van der Waals surface area (Å²) in [6.07, 6.45) is 0. The first kappa shape index (κ1) is 20.4. The van der Waals surface area contributed by atoms with E-state index in [-0.39, 0.29) is 11.8 Å². The van der Waals surface area contributed by atoms with E-state index < -0.39 is 22.7 Å². The van der Waals surface area contributed by atoms with E-state index in [0.29, 0.717) is 5.69 Å². The molecule has 0 radical (unpaired) electrons. The number of benzene rings is 4. The summed E-state index contributed by atoms with van der Waals surface area (Å²) in [6, 6.07) is 34.6. The van der Waals surface area contributed by atoms with Gasteiger partial charge in [-0.1, -0.05) is 111 Å². The molecule has 0 aromatic heterocycles. The standard InChI is InChI=1S/C32H25NO2/c1-31-22-15-7-9-17-24(22)32(2,25-18-10-8-16-23(25)31)28-27(31)29(34)33(30(28)35)26-19-11-6-14-21(26)20-12-4-3-5-13-20/h3-19,27-28H,1-2H3/t27-,28-,31?,32?/m0/s1. The number of hydrogen-bond donors (Lipinski definition) is 0. The average Bonchev–Trinajstić information content (AvgIpc) is 3.18. The number of anilines is 1. The summed E-state index contributed by atoms with van der Waals surface area (Å²) >= 11 is 0. The van der Waals surface area contributed by atoms with Crippen LogP contribution in [0.5, 0.6) is 0 Å². The van der Waals surface area contributed by atoms with Gasteiger partial charge in [0.05, 0.1) is 17.5 Å². The molecule has 1 heterocycles. The minimum absolute atomic E-state index is 0.0962. The lowest BCUT2D eigenvalue weighted by Crippen LogP contribution is -2.59. The predicted molar refractivity (Wildman–Crippen MR) is 137 cm³/mol. The fourth-order valence-corrected chi connectivity index (χ4v) is 7.34. The number of nitrogens with zero attached hydrogens (tertiary/aromatic N) is 1. The Kier molecular flexibility index (Phi) is 3.96. The Morgan fingerprint density at radius 2 is 0.943 bits per heavy atom. The van der Waals surface area contributed by atoms with Crippen LogP contribution < -0.4 is 4.90 Å². The van der Waals surface area contributed by atoms with Crippen molar-refractivity contribution in [1.82, 2.24) is 0 Å². The third-order valence-electron chi connectivity index (χ3n) is 8.87. The topological polar surface area (TPSA) is 37.4 Å². The molecule has 4 aromatic carbocycles. The molecule has 170 valence electrons. The lowest BCUT2D eigenvalue weighted by Gasteiger charge is -2.57. The molecule has 3 heteroatoms. The first-order valence-corrected chi connectivity index (χ1v) is 12.2. The normalized spacial score (nSPS) is 28.0. The molecular weight excluding hydrogens is 430 g/mol.